The van der Waals surface area contributed by atoms with Crippen LogP contribution in [0.2, 0.25) is 0 Å². The minimum Gasteiger partial charge on any atom is -0.350 e. The fourth-order valence-electron chi connectivity index (χ4n) is 2.83. The van der Waals surface area contributed by atoms with E-state index in [1.54, 1.807) is 16.9 Å². The molecule has 6 heteroatoms. The molecule has 0 aliphatic heterocycles. The van der Waals surface area contributed by atoms with Crippen molar-refractivity contribution in [3.63, 3.8) is 0 Å². The lowest BCUT2D eigenvalue weighted by Gasteiger charge is -2.25. The lowest BCUT2D eigenvalue weighted by Crippen LogP contribution is -2.37. The molecule has 0 aliphatic carbocycles. The maximum absolute atomic E-state index is 12.8. The van der Waals surface area contributed by atoms with Crippen LogP contribution in [0, 0.1) is 6.92 Å². The maximum Gasteiger partial charge on any atom is 0.242 e. The van der Waals surface area contributed by atoms with Crippen LogP contribution in [0.25, 0.3) is 5.65 Å². The van der Waals surface area contributed by atoms with Crippen molar-refractivity contribution in [1.82, 2.24) is 24.8 Å². The van der Waals surface area contributed by atoms with E-state index in [4.69, 9.17) is 0 Å². The minimum absolute atomic E-state index is 0.0374. The number of hydrogen-bond donors (Lipinski definition) is 1. The highest BCUT2D eigenvalue weighted by molar-refractivity contribution is 5.83. The molecule has 0 unspecified atom stereocenters. The molecule has 2 heterocycles. The Kier molecular flexibility index (Phi) is 4.57. The number of fused-ring (bicyclic) bond motifs is 1. The number of benzene rings is 1. The van der Waals surface area contributed by atoms with E-state index in [-0.39, 0.29) is 11.9 Å². The molecular weight excluding hydrogens is 302 g/mol. The predicted octanol–water partition coefficient (Wildman–Crippen LogP) is 1.96. The van der Waals surface area contributed by atoms with Crippen LogP contribution in [-0.2, 0) is 11.3 Å². The van der Waals surface area contributed by atoms with E-state index in [0.29, 0.717) is 6.54 Å². The van der Waals surface area contributed by atoms with Crippen molar-refractivity contribution in [1.29, 1.82) is 0 Å². The second kappa shape index (κ2) is 6.80. The second-order valence-electron chi connectivity index (χ2n) is 6.00. The van der Waals surface area contributed by atoms with Gasteiger partial charge in [0.25, 0.3) is 0 Å². The Morgan fingerprint density at radius 2 is 2.08 bits per heavy atom. The molecule has 0 saturated heterocycles. The van der Waals surface area contributed by atoms with Crippen LogP contribution >= 0.6 is 0 Å². The van der Waals surface area contributed by atoms with E-state index in [9.17, 15) is 4.79 Å². The minimum atomic E-state index is -0.332. The molecular formula is C18H21N5O. The van der Waals surface area contributed by atoms with Gasteiger partial charge in [-0.15, -0.1) is 0 Å². The zero-order valence-corrected chi connectivity index (χ0v) is 14.1. The van der Waals surface area contributed by atoms with Crippen LogP contribution in [0.15, 0.2) is 48.9 Å². The van der Waals surface area contributed by atoms with Gasteiger partial charge >= 0.3 is 0 Å². The molecule has 6 nitrogen and oxygen atoms in total. The summed E-state index contributed by atoms with van der Waals surface area (Å²) in [7, 11) is 3.82. The summed E-state index contributed by atoms with van der Waals surface area (Å²) in [5, 5.41) is 7.25. The Hall–Kier alpha value is -2.73. The molecule has 3 aromatic rings. The summed E-state index contributed by atoms with van der Waals surface area (Å²) in [6, 6.07) is 9.45. The standard InChI is InChI=1S/C18H21N5O/c1-13-7-4-5-8-15(13)16(22(2)3)18(24)20-11-14-12-21-23-10-6-9-19-17(14)23/h4-10,12,16H,11H2,1-3H3,(H,20,24)/t16-/m1/s1. The first-order valence-corrected chi connectivity index (χ1v) is 7.85. The molecule has 0 bridgehead atoms. The smallest absolute Gasteiger partial charge is 0.242 e. The average Bonchev–Trinajstić information content (AvgIpc) is 2.98. The molecule has 2 aromatic heterocycles. The van der Waals surface area contributed by atoms with Gasteiger partial charge in [-0.05, 0) is 38.2 Å². The van der Waals surface area contributed by atoms with E-state index in [1.807, 2.05) is 62.4 Å². The van der Waals surface area contributed by atoms with E-state index in [2.05, 4.69) is 15.4 Å². The van der Waals surface area contributed by atoms with Crippen molar-refractivity contribution < 1.29 is 4.79 Å². The monoisotopic (exact) mass is 323 g/mol. The lowest BCUT2D eigenvalue weighted by molar-refractivity contribution is -0.125. The molecule has 0 aliphatic rings. The molecule has 3 rings (SSSR count). The maximum atomic E-state index is 12.8. The first-order chi connectivity index (χ1) is 11.6. The van der Waals surface area contributed by atoms with Gasteiger partial charge in [0.05, 0.1) is 6.20 Å². The summed E-state index contributed by atoms with van der Waals surface area (Å²) in [6.45, 7) is 2.42. The summed E-state index contributed by atoms with van der Waals surface area (Å²) in [4.78, 5) is 19.0. The van der Waals surface area contributed by atoms with Crippen molar-refractivity contribution >= 4 is 11.6 Å². The summed E-state index contributed by atoms with van der Waals surface area (Å²) >= 11 is 0. The number of rotatable bonds is 5. The van der Waals surface area contributed by atoms with Crippen LogP contribution in [0.5, 0.6) is 0 Å². The number of amides is 1. The third-order valence-electron chi connectivity index (χ3n) is 4.05. The fraction of sp³-hybridized carbons (Fsp3) is 0.278. The Morgan fingerprint density at radius 1 is 1.29 bits per heavy atom. The number of aromatic nitrogens is 3. The van der Waals surface area contributed by atoms with Gasteiger partial charge in [0, 0.05) is 24.5 Å². The zero-order chi connectivity index (χ0) is 17.1. The molecule has 1 amide bonds. The second-order valence-corrected chi connectivity index (χ2v) is 6.00. The van der Waals surface area contributed by atoms with Crippen molar-refractivity contribution in [2.45, 2.75) is 19.5 Å². The summed E-state index contributed by atoms with van der Waals surface area (Å²) in [5.41, 5.74) is 3.77. The molecule has 0 radical (unpaired) electrons. The summed E-state index contributed by atoms with van der Waals surface area (Å²) < 4.78 is 1.70. The molecule has 124 valence electrons. The number of nitrogens with zero attached hydrogens (tertiary/aromatic N) is 4. The lowest BCUT2D eigenvalue weighted by atomic mass is 10.00. The quantitative estimate of drug-likeness (QED) is 0.780. The fourth-order valence-corrected chi connectivity index (χ4v) is 2.83. The highest BCUT2D eigenvalue weighted by Crippen LogP contribution is 2.22. The van der Waals surface area contributed by atoms with Gasteiger partial charge in [0.1, 0.15) is 6.04 Å². The highest BCUT2D eigenvalue weighted by atomic mass is 16.2. The van der Waals surface area contributed by atoms with Crippen LogP contribution in [-0.4, -0.2) is 39.5 Å². The average molecular weight is 323 g/mol. The van der Waals surface area contributed by atoms with Crippen LogP contribution in [0.1, 0.15) is 22.7 Å². The van der Waals surface area contributed by atoms with Gasteiger partial charge in [-0.2, -0.15) is 5.10 Å². The molecule has 24 heavy (non-hydrogen) atoms. The van der Waals surface area contributed by atoms with Gasteiger partial charge in [-0.25, -0.2) is 9.50 Å². The topological polar surface area (TPSA) is 62.5 Å². The molecule has 0 fully saturated rings. The van der Waals surface area contributed by atoms with Gasteiger partial charge in [0.15, 0.2) is 5.65 Å². The normalized spacial score (nSPS) is 12.5. The van der Waals surface area contributed by atoms with E-state index < -0.39 is 0 Å². The SMILES string of the molecule is Cc1ccccc1[C@H](C(=O)NCc1cnn2cccnc12)N(C)C. The Labute approximate surface area is 141 Å². The van der Waals surface area contributed by atoms with Crippen molar-refractivity contribution in [2.24, 2.45) is 0 Å². The third-order valence-corrected chi connectivity index (χ3v) is 4.05. The predicted molar refractivity (Wildman–Crippen MR) is 92.4 cm³/mol. The number of aryl methyl sites for hydroxylation is 1. The molecule has 0 saturated carbocycles. The zero-order valence-electron chi connectivity index (χ0n) is 14.1. The molecule has 1 aromatic carbocycles. The van der Waals surface area contributed by atoms with Gasteiger partial charge in [-0.3, -0.25) is 9.69 Å². The van der Waals surface area contributed by atoms with Crippen LogP contribution < -0.4 is 5.32 Å². The highest BCUT2D eigenvalue weighted by Gasteiger charge is 2.24. The Bertz CT molecular complexity index is 855. The Morgan fingerprint density at radius 3 is 2.83 bits per heavy atom. The van der Waals surface area contributed by atoms with Crippen molar-refractivity contribution in [3.05, 3.63) is 65.6 Å². The van der Waals surface area contributed by atoms with Gasteiger partial charge < -0.3 is 5.32 Å². The number of carbonyl (C=O) groups is 1. The molecule has 1 atom stereocenters. The molecule has 1 N–H and O–H groups in total. The first kappa shape index (κ1) is 16.1. The van der Waals surface area contributed by atoms with Crippen molar-refractivity contribution in [2.75, 3.05) is 14.1 Å². The third kappa shape index (κ3) is 3.14. The summed E-state index contributed by atoms with van der Waals surface area (Å²) in [6.07, 6.45) is 5.29. The molecule has 0 spiro atoms. The van der Waals surface area contributed by atoms with E-state index >= 15 is 0 Å². The van der Waals surface area contributed by atoms with Gasteiger partial charge in [0.2, 0.25) is 5.91 Å². The summed E-state index contributed by atoms with van der Waals surface area (Å²) in [5.74, 6) is -0.0374. The number of likely N-dealkylation sites (N-methyl/N-ethyl adjacent to an activating group) is 1. The van der Waals surface area contributed by atoms with Crippen LogP contribution in [0.3, 0.4) is 0 Å². The number of hydrogen-bond acceptors (Lipinski definition) is 4. The largest absolute Gasteiger partial charge is 0.350 e. The number of nitrogens with one attached hydrogen (secondary N) is 1. The van der Waals surface area contributed by atoms with Gasteiger partial charge in [-0.1, -0.05) is 24.3 Å². The number of carbonyl (C=O) groups excluding carboxylic acids is 1. The Balaban J connectivity index is 1.78. The van der Waals surface area contributed by atoms with E-state index in [0.717, 1.165) is 22.3 Å². The van der Waals surface area contributed by atoms with Crippen LogP contribution in [0.4, 0.5) is 0 Å². The first-order valence-electron chi connectivity index (χ1n) is 7.85. The van der Waals surface area contributed by atoms with E-state index in [1.165, 1.54) is 0 Å². The van der Waals surface area contributed by atoms with Crippen molar-refractivity contribution in [3.8, 4) is 0 Å².